The van der Waals surface area contributed by atoms with Gasteiger partial charge in [-0.05, 0) is 79.8 Å². The molecule has 0 saturated carbocycles. The second-order valence-corrected chi connectivity index (χ2v) is 9.59. The summed E-state index contributed by atoms with van der Waals surface area (Å²) in [6.45, 7) is 15.7. The lowest BCUT2D eigenvalue weighted by molar-refractivity contribution is 0.595. The van der Waals surface area contributed by atoms with Gasteiger partial charge in [0.1, 0.15) is 0 Å². The molecule has 1 heterocycles. The first-order chi connectivity index (χ1) is 16.4. The van der Waals surface area contributed by atoms with Gasteiger partial charge in [-0.1, -0.05) is 75.2 Å². The Labute approximate surface area is 213 Å². The lowest BCUT2D eigenvalue weighted by Crippen LogP contribution is -2.17. The van der Waals surface area contributed by atoms with Crippen LogP contribution in [0.15, 0.2) is 54.0 Å². The topological polar surface area (TPSA) is 41.6 Å². The number of nitrogens with two attached hydrogens (primary N) is 1. The minimum atomic E-state index is 0.515. The zero-order chi connectivity index (χ0) is 24.9. The van der Waals surface area contributed by atoms with Gasteiger partial charge in [0.25, 0.3) is 0 Å². The summed E-state index contributed by atoms with van der Waals surface area (Å²) in [5, 5.41) is 0.830. The van der Waals surface area contributed by atoms with E-state index < -0.39 is 0 Å². The Hall–Kier alpha value is -2.26. The van der Waals surface area contributed by atoms with Crippen LogP contribution in [-0.4, -0.2) is 25.5 Å². The van der Waals surface area contributed by atoms with Crippen molar-refractivity contribution in [1.29, 1.82) is 0 Å². The summed E-state index contributed by atoms with van der Waals surface area (Å²) in [4.78, 5) is 6.72. The molecule has 2 aromatic carbocycles. The summed E-state index contributed by atoms with van der Waals surface area (Å²) in [6.07, 6.45) is 8.09. The molecule has 3 nitrogen and oxygen atoms in total. The van der Waals surface area contributed by atoms with Crippen LogP contribution in [0.2, 0.25) is 5.02 Å². The molecule has 3 rings (SSSR count). The van der Waals surface area contributed by atoms with Crippen LogP contribution in [-0.2, 0) is 0 Å². The number of anilines is 1. The van der Waals surface area contributed by atoms with Gasteiger partial charge in [-0.3, -0.25) is 4.99 Å². The highest BCUT2D eigenvalue weighted by atomic mass is 35.5. The fourth-order valence-electron chi connectivity index (χ4n) is 4.54. The Morgan fingerprint density at radius 2 is 1.82 bits per heavy atom. The summed E-state index contributed by atoms with van der Waals surface area (Å²) in [5.41, 5.74) is 12.2. The number of rotatable bonds is 10. The van der Waals surface area contributed by atoms with Gasteiger partial charge in [0.15, 0.2) is 0 Å². The first-order valence-corrected chi connectivity index (χ1v) is 13.4. The van der Waals surface area contributed by atoms with Gasteiger partial charge in [0.2, 0.25) is 0 Å². The van der Waals surface area contributed by atoms with E-state index in [1.807, 2.05) is 6.92 Å². The Balaban J connectivity index is 0.000000241. The van der Waals surface area contributed by atoms with Gasteiger partial charge >= 0.3 is 0 Å². The highest BCUT2D eigenvalue weighted by Gasteiger charge is 2.15. The third-order valence-corrected chi connectivity index (χ3v) is 6.90. The molecule has 186 valence electrons. The summed E-state index contributed by atoms with van der Waals surface area (Å²) in [7, 11) is 0. The minimum absolute atomic E-state index is 0.515. The molecule has 34 heavy (non-hydrogen) atoms. The van der Waals surface area contributed by atoms with Crippen LogP contribution >= 0.6 is 11.6 Å². The van der Waals surface area contributed by atoms with E-state index in [1.54, 1.807) is 0 Å². The molecule has 1 aliphatic rings. The smallest absolute Gasteiger partial charge is 0.0943 e. The van der Waals surface area contributed by atoms with Crippen molar-refractivity contribution in [3.05, 3.63) is 70.8 Å². The SMILES string of the molecule is C=C(CC)c1ccc(N2CCCC2)cc1Cl.CCCCC(CC(N)=NCC)c1ccccc1C. The molecule has 1 saturated heterocycles. The molecule has 1 atom stereocenters. The van der Waals surface area contributed by atoms with Crippen molar-refractivity contribution in [2.24, 2.45) is 10.7 Å². The number of hydrogen-bond donors (Lipinski definition) is 1. The van der Waals surface area contributed by atoms with Crippen LogP contribution < -0.4 is 10.6 Å². The average molecular weight is 482 g/mol. The maximum atomic E-state index is 6.29. The molecule has 0 aromatic heterocycles. The van der Waals surface area contributed by atoms with Gasteiger partial charge < -0.3 is 10.6 Å². The molecule has 0 amide bonds. The van der Waals surface area contributed by atoms with E-state index in [1.165, 1.54) is 48.9 Å². The second kappa shape index (κ2) is 14.9. The van der Waals surface area contributed by atoms with Crippen molar-refractivity contribution < 1.29 is 0 Å². The summed E-state index contributed by atoms with van der Waals surface area (Å²) in [6, 6.07) is 15.0. The first-order valence-electron chi connectivity index (χ1n) is 13.0. The van der Waals surface area contributed by atoms with Crippen LogP contribution in [0.4, 0.5) is 5.69 Å². The number of nitrogens with zero attached hydrogens (tertiary/aromatic N) is 2. The van der Waals surface area contributed by atoms with Crippen LogP contribution in [0.1, 0.15) is 88.3 Å². The Kier molecular flexibility index (Phi) is 12.2. The van der Waals surface area contributed by atoms with E-state index >= 15 is 0 Å². The van der Waals surface area contributed by atoms with Crippen molar-refractivity contribution in [1.82, 2.24) is 0 Å². The lowest BCUT2D eigenvalue weighted by atomic mass is 9.87. The van der Waals surface area contributed by atoms with Gasteiger partial charge in [-0.15, -0.1) is 0 Å². The summed E-state index contributed by atoms with van der Waals surface area (Å²) >= 11 is 6.29. The molecular formula is C30H44ClN3. The van der Waals surface area contributed by atoms with Crippen LogP contribution in [0.5, 0.6) is 0 Å². The molecule has 2 N–H and O–H groups in total. The highest BCUT2D eigenvalue weighted by molar-refractivity contribution is 6.32. The van der Waals surface area contributed by atoms with Gasteiger partial charge in [0.05, 0.1) is 10.9 Å². The number of aliphatic imine (C=N–C) groups is 1. The molecule has 1 aliphatic heterocycles. The molecule has 2 aromatic rings. The van der Waals surface area contributed by atoms with Crippen LogP contribution in [0, 0.1) is 6.92 Å². The van der Waals surface area contributed by atoms with Crippen molar-refractivity contribution in [3.8, 4) is 0 Å². The third kappa shape index (κ3) is 8.51. The van der Waals surface area contributed by atoms with E-state index in [9.17, 15) is 0 Å². The van der Waals surface area contributed by atoms with E-state index in [4.69, 9.17) is 17.3 Å². The number of aryl methyl sites for hydroxylation is 1. The standard InChI is InChI=1S/C16H26N2.C14H18ClN/c1-4-6-10-14(12-16(17)18-5-2)15-11-8-7-9-13(15)3;1-3-11(2)13-7-6-12(10-14(13)15)16-8-4-5-9-16/h7-9,11,14H,4-6,10,12H2,1-3H3,(H2,17,18);6-7,10H,2-5,8-9H2,1H3. The summed E-state index contributed by atoms with van der Waals surface area (Å²) in [5.74, 6) is 1.31. The maximum Gasteiger partial charge on any atom is 0.0943 e. The number of amidine groups is 1. The fraction of sp³-hybridized carbons (Fsp3) is 0.500. The predicted molar refractivity (Wildman–Crippen MR) is 152 cm³/mol. The van der Waals surface area contributed by atoms with Crippen molar-refractivity contribution in [3.63, 3.8) is 0 Å². The normalized spacial score (nSPS) is 14.5. The van der Waals surface area contributed by atoms with Gasteiger partial charge in [-0.2, -0.15) is 0 Å². The molecule has 4 heteroatoms. The van der Waals surface area contributed by atoms with Crippen LogP contribution in [0.3, 0.4) is 0 Å². The molecule has 1 unspecified atom stereocenters. The Bertz CT molecular complexity index is 928. The molecule has 1 fully saturated rings. The quantitative estimate of drug-likeness (QED) is 0.273. The van der Waals surface area contributed by atoms with E-state index in [2.05, 4.69) is 79.7 Å². The van der Waals surface area contributed by atoms with Crippen molar-refractivity contribution in [2.75, 3.05) is 24.5 Å². The number of unbranched alkanes of at least 4 members (excludes halogenated alkanes) is 1. The number of hydrogen-bond acceptors (Lipinski definition) is 2. The predicted octanol–water partition coefficient (Wildman–Crippen LogP) is 8.40. The molecule has 0 bridgehead atoms. The minimum Gasteiger partial charge on any atom is -0.387 e. The lowest BCUT2D eigenvalue weighted by Gasteiger charge is -2.19. The number of halogens is 1. The highest BCUT2D eigenvalue weighted by Crippen LogP contribution is 2.31. The van der Waals surface area contributed by atoms with E-state index in [0.717, 1.165) is 54.5 Å². The fourth-order valence-corrected chi connectivity index (χ4v) is 4.84. The maximum absolute atomic E-state index is 6.29. The zero-order valence-electron chi connectivity index (χ0n) is 21.7. The largest absolute Gasteiger partial charge is 0.387 e. The molecular weight excluding hydrogens is 438 g/mol. The Morgan fingerprint density at radius 1 is 1.12 bits per heavy atom. The monoisotopic (exact) mass is 481 g/mol. The first kappa shape index (κ1) is 28.0. The Morgan fingerprint density at radius 3 is 2.41 bits per heavy atom. The van der Waals surface area contributed by atoms with Gasteiger partial charge in [0, 0.05) is 31.7 Å². The molecule has 0 spiro atoms. The second-order valence-electron chi connectivity index (χ2n) is 9.18. The summed E-state index contributed by atoms with van der Waals surface area (Å²) < 4.78 is 0. The number of allylic oxidation sites excluding steroid dienone is 1. The average Bonchev–Trinajstić information content (AvgIpc) is 3.37. The van der Waals surface area contributed by atoms with Gasteiger partial charge in [-0.25, -0.2) is 0 Å². The number of benzene rings is 2. The van der Waals surface area contributed by atoms with Crippen molar-refractivity contribution >= 4 is 28.7 Å². The van der Waals surface area contributed by atoms with Crippen LogP contribution in [0.25, 0.3) is 5.57 Å². The van der Waals surface area contributed by atoms with Crippen molar-refractivity contribution in [2.45, 2.75) is 78.6 Å². The third-order valence-electron chi connectivity index (χ3n) is 6.58. The zero-order valence-corrected chi connectivity index (χ0v) is 22.5. The van der Waals surface area contributed by atoms with E-state index in [-0.39, 0.29) is 0 Å². The van der Waals surface area contributed by atoms with E-state index in [0.29, 0.717) is 5.92 Å². The molecule has 0 radical (unpaired) electrons. The molecule has 0 aliphatic carbocycles.